The van der Waals surface area contributed by atoms with Gasteiger partial charge in [0.25, 0.3) is 5.69 Å². The maximum Gasteiger partial charge on any atom is 0.275 e. The minimum Gasteiger partial charge on any atom is -0.436 e. The van der Waals surface area contributed by atoms with Gasteiger partial charge in [0, 0.05) is 17.8 Å². The number of benzene rings is 1. The summed E-state index contributed by atoms with van der Waals surface area (Å²) in [4.78, 5) is 14.0. The molecule has 0 saturated carbocycles. The van der Waals surface area contributed by atoms with Crippen molar-refractivity contribution in [2.45, 2.75) is 20.0 Å². The summed E-state index contributed by atoms with van der Waals surface area (Å²) in [6.45, 7) is 3.09. The first-order chi connectivity index (χ1) is 9.88. The molecule has 1 atom stereocenters. The van der Waals surface area contributed by atoms with E-state index in [9.17, 15) is 19.6 Å². The summed E-state index contributed by atoms with van der Waals surface area (Å²) in [7, 11) is 0. The molecule has 0 bridgehead atoms. The van der Waals surface area contributed by atoms with Gasteiger partial charge >= 0.3 is 0 Å². The molecule has 0 aliphatic rings. The molecule has 21 heavy (non-hydrogen) atoms. The Balaban J connectivity index is 2.27. The first-order valence-corrected chi connectivity index (χ1v) is 6.15. The van der Waals surface area contributed by atoms with Gasteiger partial charge in [-0.25, -0.2) is 9.37 Å². The van der Waals surface area contributed by atoms with E-state index >= 15 is 0 Å². The molecule has 0 fully saturated rings. The van der Waals surface area contributed by atoms with Crippen LogP contribution in [0.5, 0.6) is 11.6 Å². The molecule has 1 aromatic carbocycles. The summed E-state index contributed by atoms with van der Waals surface area (Å²) in [6, 6.07) is 5.15. The van der Waals surface area contributed by atoms with Crippen molar-refractivity contribution in [2.24, 2.45) is 0 Å². The lowest BCUT2D eigenvalue weighted by atomic mass is 10.2. The van der Waals surface area contributed by atoms with Gasteiger partial charge in [-0.1, -0.05) is 0 Å². The van der Waals surface area contributed by atoms with Gasteiger partial charge in [-0.15, -0.1) is 0 Å². The molecule has 0 aliphatic carbocycles. The predicted octanol–water partition coefficient (Wildman–Crippen LogP) is 3.28. The van der Waals surface area contributed by atoms with Crippen LogP contribution >= 0.6 is 0 Å². The van der Waals surface area contributed by atoms with Crippen molar-refractivity contribution in [3.63, 3.8) is 0 Å². The molecule has 7 heteroatoms. The number of halogens is 1. The van der Waals surface area contributed by atoms with Crippen LogP contribution in [0.25, 0.3) is 0 Å². The lowest BCUT2D eigenvalue weighted by Gasteiger charge is -2.08. The molecule has 0 amide bonds. The Bertz CT molecular complexity index is 671. The number of aliphatic hydroxyl groups excluding tert-OH is 1. The van der Waals surface area contributed by atoms with Crippen molar-refractivity contribution < 1.29 is 19.2 Å². The molecule has 0 saturated heterocycles. The molecule has 1 heterocycles. The smallest absolute Gasteiger partial charge is 0.275 e. The molecular formula is C14H13FN2O4. The molecular weight excluding hydrogens is 279 g/mol. The van der Waals surface area contributed by atoms with Crippen molar-refractivity contribution in [1.82, 2.24) is 4.98 Å². The zero-order valence-corrected chi connectivity index (χ0v) is 11.4. The molecule has 1 aromatic heterocycles. The van der Waals surface area contributed by atoms with Gasteiger partial charge in [-0.2, -0.15) is 0 Å². The number of rotatable bonds is 4. The van der Waals surface area contributed by atoms with Gasteiger partial charge < -0.3 is 9.84 Å². The van der Waals surface area contributed by atoms with E-state index in [0.717, 1.165) is 6.07 Å². The van der Waals surface area contributed by atoms with Crippen LogP contribution < -0.4 is 4.74 Å². The van der Waals surface area contributed by atoms with Gasteiger partial charge in [-0.3, -0.25) is 10.1 Å². The number of aromatic nitrogens is 1. The molecule has 1 N–H and O–H groups in total. The second-order valence-corrected chi connectivity index (χ2v) is 4.53. The van der Waals surface area contributed by atoms with E-state index in [4.69, 9.17) is 4.74 Å². The second kappa shape index (κ2) is 5.84. The summed E-state index contributed by atoms with van der Waals surface area (Å²) in [5, 5.41) is 20.1. The molecule has 110 valence electrons. The van der Waals surface area contributed by atoms with E-state index in [1.807, 2.05) is 0 Å². The zero-order valence-electron chi connectivity index (χ0n) is 11.4. The van der Waals surface area contributed by atoms with Gasteiger partial charge in [0.2, 0.25) is 5.88 Å². The van der Waals surface area contributed by atoms with Crippen molar-refractivity contribution in [3.8, 4) is 11.6 Å². The zero-order chi connectivity index (χ0) is 15.6. The van der Waals surface area contributed by atoms with Crippen molar-refractivity contribution in [3.05, 3.63) is 57.5 Å². The van der Waals surface area contributed by atoms with E-state index in [1.165, 1.54) is 25.3 Å². The average Bonchev–Trinajstić information content (AvgIpc) is 2.42. The monoisotopic (exact) mass is 292 g/mol. The van der Waals surface area contributed by atoms with Crippen LogP contribution in [0.3, 0.4) is 0 Å². The molecule has 0 unspecified atom stereocenters. The van der Waals surface area contributed by atoms with Crippen LogP contribution in [0.4, 0.5) is 10.1 Å². The van der Waals surface area contributed by atoms with E-state index in [1.54, 1.807) is 13.0 Å². The number of aryl methyl sites for hydroxylation is 1. The number of ether oxygens (including phenoxy) is 1. The van der Waals surface area contributed by atoms with Crippen molar-refractivity contribution in [1.29, 1.82) is 0 Å². The van der Waals surface area contributed by atoms with E-state index in [2.05, 4.69) is 4.98 Å². The minimum atomic E-state index is -0.839. The third-order valence-corrected chi connectivity index (χ3v) is 2.90. The van der Waals surface area contributed by atoms with Crippen LogP contribution in [0.15, 0.2) is 30.5 Å². The number of nitro groups is 1. The third kappa shape index (κ3) is 3.32. The topological polar surface area (TPSA) is 85.5 Å². The Morgan fingerprint density at radius 2 is 2.14 bits per heavy atom. The van der Waals surface area contributed by atoms with Crippen LogP contribution in [-0.2, 0) is 0 Å². The Morgan fingerprint density at radius 3 is 2.67 bits per heavy atom. The van der Waals surface area contributed by atoms with Crippen molar-refractivity contribution in [2.75, 3.05) is 0 Å². The SMILES string of the molecule is Cc1cc(Oc2ccc([C@@H](C)O)cn2)c(F)cc1[N+](=O)[O-]. The first-order valence-electron chi connectivity index (χ1n) is 6.15. The highest BCUT2D eigenvalue weighted by molar-refractivity contribution is 5.46. The first kappa shape index (κ1) is 14.9. The number of pyridine rings is 1. The number of nitro benzene ring substituents is 1. The maximum atomic E-state index is 13.8. The minimum absolute atomic E-state index is 0.131. The van der Waals surface area contributed by atoms with E-state index < -0.39 is 16.8 Å². The Kier molecular flexibility index (Phi) is 4.13. The summed E-state index contributed by atoms with van der Waals surface area (Å²) < 4.78 is 19.1. The molecule has 6 nitrogen and oxygen atoms in total. The lowest BCUT2D eigenvalue weighted by molar-refractivity contribution is -0.385. The summed E-state index contributed by atoms with van der Waals surface area (Å²) in [6.07, 6.45) is 0.751. The quantitative estimate of drug-likeness (QED) is 0.690. The Morgan fingerprint density at radius 1 is 1.43 bits per heavy atom. The second-order valence-electron chi connectivity index (χ2n) is 4.53. The largest absolute Gasteiger partial charge is 0.436 e. The normalized spacial score (nSPS) is 12.0. The summed E-state index contributed by atoms with van der Waals surface area (Å²) >= 11 is 0. The highest BCUT2D eigenvalue weighted by Crippen LogP contribution is 2.30. The highest BCUT2D eigenvalue weighted by Gasteiger charge is 2.17. The van der Waals surface area contributed by atoms with E-state index in [0.29, 0.717) is 5.56 Å². The summed E-state index contributed by atoms with van der Waals surface area (Å²) in [5.41, 5.74) is 0.581. The molecule has 2 aromatic rings. The number of hydrogen-bond donors (Lipinski definition) is 1. The standard InChI is InChI=1S/C14H13FN2O4/c1-8-5-13(11(15)6-12(8)17(19)20)21-14-4-3-10(7-16-14)9(2)18/h3-7,9,18H,1-2H3/t9-/m1/s1. The van der Waals surface area contributed by atoms with Crippen LogP contribution in [-0.4, -0.2) is 15.0 Å². The van der Waals surface area contributed by atoms with Gasteiger partial charge in [0.1, 0.15) is 0 Å². The maximum absolute atomic E-state index is 13.8. The van der Waals surface area contributed by atoms with Crippen LogP contribution in [0.2, 0.25) is 0 Å². The fraction of sp³-hybridized carbons (Fsp3) is 0.214. The highest BCUT2D eigenvalue weighted by atomic mass is 19.1. The fourth-order valence-corrected chi connectivity index (χ4v) is 1.73. The molecule has 0 aliphatic heterocycles. The van der Waals surface area contributed by atoms with Crippen molar-refractivity contribution >= 4 is 5.69 Å². The van der Waals surface area contributed by atoms with E-state index in [-0.39, 0.29) is 22.9 Å². The molecule has 0 radical (unpaired) electrons. The van der Waals surface area contributed by atoms with Gasteiger partial charge in [0.15, 0.2) is 11.6 Å². The summed E-state index contributed by atoms with van der Waals surface area (Å²) in [5.74, 6) is -0.851. The lowest BCUT2D eigenvalue weighted by Crippen LogP contribution is -1.97. The van der Waals surface area contributed by atoms with Crippen LogP contribution in [0, 0.1) is 22.9 Å². The molecule has 2 rings (SSSR count). The third-order valence-electron chi connectivity index (χ3n) is 2.90. The Labute approximate surface area is 120 Å². The van der Waals surface area contributed by atoms with Gasteiger partial charge in [0.05, 0.1) is 17.1 Å². The number of aliphatic hydroxyl groups is 1. The average molecular weight is 292 g/mol. The number of nitrogens with zero attached hydrogens (tertiary/aromatic N) is 2. The van der Waals surface area contributed by atoms with Crippen LogP contribution in [0.1, 0.15) is 24.2 Å². The van der Waals surface area contributed by atoms with Gasteiger partial charge in [-0.05, 0) is 31.5 Å². The number of hydrogen-bond acceptors (Lipinski definition) is 5. The molecule has 0 spiro atoms. The fourth-order valence-electron chi connectivity index (χ4n) is 1.73. The predicted molar refractivity (Wildman–Crippen MR) is 72.7 cm³/mol. The Hall–Kier alpha value is -2.54.